The van der Waals surface area contributed by atoms with Crippen LogP contribution in [0.3, 0.4) is 0 Å². The molecule has 0 saturated heterocycles. The average Bonchev–Trinajstić information content (AvgIpc) is 2.47. The number of nitro groups is 1. The van der Waals surface area contributed by atoms with Gasteiger partial charge in [0.1, 0.15) is 11.4 Å². The minimum atomic E-state index is -0.458. The zero-order valence-electron chi connectivity index (χ0n) is 11.8. The number of ether oxygens (including phenoxy) is 1. The molecule has 110 valence electrons. The van der Waals surface area contributed by atoms with Gasteiger partial charge < -0.3 is 10.1 Å². The first kappa shape index (κ1) is 15.0. The molecule has 1 aromatic carbocycles. The van der Waals surface area contributed by atoms with E-state index in [1.54, 1.807) is 33.2 Å². The van der Waals surface area contributed by atoms with Crippen LogP contribution in [0.15, 0.2) is 34.2 Å². The Morgan fingerprint density at radius 3 is 2.48 bits per heavy atom. The Balaban J connectivity index is 2.41. The molecule has 0 saturated carbocycles. The number of nitrogens with zero attached hydrogens (tertiary/aromatic N) is 3. The van der Waals surface area contributed by atoms with Gasteiger partial charge in [0.2, 0.25) is 5.95 Å². The Labute approximate surface area is 125 Å². The molecule has 0 fully saturated rings. The highest BCUT2D eigenvalue weighted by Gasteiger charge is 2.22. The number of aryl methyl sites for hydroxylation is 1. The van der Waals surface area contributed by atoms with Gasteiger partial charge in [-0.15, -0.1) is 0 Å². The van der Waals surface area contributed by atoms with Gasteiger partial charge in [-0.25, -0.2) is 4.98 Å². The van der Waals surface area contributed by atoms with E-state index in [-0.39, 0.29) is 5.69 Å². The number of nitrogens with one attached hydrogen (secondary N) is 1. The first-order valence-corrected chi connectivity index (χ1v) is 6.89. The quantitative estimate of drug-likeness (QED) is 0.516. The minimum absolute atomic E-state index is 0.0742. The lowest BCUT2D eigenvalue weighted by Crippen LogP contribution is -2.04. The Morgan fingerprint density at radius 1 is 1.29 bits per heavy atom. The molecular weight excluding hydrogens is 292 g/mol. The molecule has 0 spiro atoms. The molecule has 0 amide bonds. The predicted octanol–water partition coefficient (Wildman–Crippen LogP) is 2.89. The van der Waals surface area contributed by atoms with Crippen LogP contribution in [0, 0.1) is 17.0 Å². The van der Waals surface area contributed by atoms with Gasteiger partial charge >= 0.3 is 5.69 Å². The monoisotopic (exact) mass is 306 g/mol. The molecule has 1 aromatic heterocycles. The van der Waals surface area contributed by atoms with Crippen molar-refractivity contribution in [2.24, 2.45) is 0 Å². The summed E-state index contributed by atoms with van der Waals surface area (Å²) in [4.78, 5) is 19.8. The summed E-state index contributed by atoms with van der Waals surface area (Å²) < 4.78 is 5.08. The van der Waals surface area contributed by atoms with Crippen molar-refractivity contribution >= 4 is 23.4 Å². The van der Waals surface area contributed by atoms with Crippen molar-refractivity contribution in [3.05, 3.63) is 40.1 Å². The van der Waals surface area contributed by atoms with E-state index in [0.29, 0.717) is 16.7 Å². The van der Waals surface area contributed by atoms with Crippen molar-refractivity contribution in [2.45, 2.75) is 16.8 Å². The lowest BCUT2D eigenvalue weighted by atomic mass is 10.3. The molecule has 2 aromatic rings. The summed E-state index contributed by atoms with van der Waals surface area (Å²) in [7, 11) is 3.25. The molecule has 8 heteroatoms. The molecule has 2 rings (SSSR count). The Morgan fingerprint density at radius 2 is 1.95 bits per heavy atom. The van der Waals surface area contributed by atoms with Crippen LogP contribution in [0.5, 0.6) is 5.75 Å². The van der Waals surface area contributed by atoms with E-state index < -0.39 is 4.92 Å². The zero-order chi connectivity index (χ0) is 15.4. The first-order chi connectivity index (χ1) is 10.0. The maximum Gasteiger partial charge on any atom is 0.322 e. The van der Waals surface area contributed by atoms with Gasteiger partial charge in [0.05, 0.1) is 12.0 Å². The second-order valence-electron chi connectivity index (χ2n) is 4.07. The molecule has 0 unspecified atom stereocenters. The van der Waals surface area contributed by atoms with E-state index in [0.717, 1.165) is 10.6 Å². The number of benzene rings is 1. The molecule has 0 atom stereocenters. The fourth-order valence-electron chi connectivity index (χ4n) is 1.69. The van der Waals surface area contributed by atoms with Gasteiger partial charge in [0.15, 0.2) is 5.03 Å². The van der Waals surface area contributed by atoms with Crippen LogP contribution in [0.2, 0.25) is 0 Å². The van der Waals surface area contributed by atoms with E-state index in [1.165, 1.54) is 11.8 Å². The van der Waals surface area contributed by atoms with Crippen LogP contribution in [0.1, 0.15) is 5.69 Å². The van der Waals surface area contributed by atoms with Crippen LogP contribution in [-0.2, 0) is 0 Å². The molecule has 7 nitrogen and oxygen atoms in total. The largest absolute Gasteiger partial charge is 0.497 e. The lowest BCUT2D eigenvalue weighted by molar-refractivity contribution is -0.389. The van der Waals surface area contributed by atoms with Gasteiger partial charge in [-0.1, -0.05) is 11.8 Å². The molecule has 1 N–H and O–H groups in total. The van der Waals surface area contributed by atoms with Crippen molar-refractivity contribution < 1.29 is 9.66 Å². The summed E-state index contributed by atoms with van der Waals surface area (Å²) in [5, 5.41) is 14.3. The van der Waals surface area contributed by atoms with Crippen LogP contribution < -0.4 is 10.1 Å². The normalized spacial score (nSPS) is 10.2. The number of rotatable bonds is 5. The summed E-state index contributed by atoms with van der Waals surface area (Å²) in [5.74, 6) is 1.08. The van der Waals surface area contributed by atoms with E-state index in [4.69, 9.17) is 4.74 Å². The van der Waals surface area contributed by atoms with Crippen molar-refractivity contribution in [1.82, 2.24) is 9.97 Å². The Bertz CT molecular complexity index is 661. The second-order valence-corrected chi connectivity index (χ2v) is 5.13. The van der Waals surface area contributed by atoms with Gasteiger partial charge in [-0.2, -0.15) is 4.98 Å². The van der Waals surface area contributed by atoms with E-state index >= 15 is 0 Å². The average molecular weight is 306 g/mol. The van der Waals surface area contributed by atoms with Crippen LogP contribution in [0.4, 0.5) is 11.6 Å². The van der Waals surface area contributed by atoms with Crippen molar-refractivity contribution in [3.63, 3.8) is 0 Å². The third-order valence-corrected chi connectivity index (χ3v) is 3.69. The molecule has 0 aliphatic rings. The summed E-state index contributed by atoms with van der Waals surface area (Å²) in [5.41, 5.74) is 0.255. The van der Waals surface area contributed by atoms with E-state index in [1.807, 2.05) is 12.1 Å². The Hall–Kier alpha value is -2.35. The SMILES string of the molecule is CNc1nc(C)c([N+](=O)[O-])c(Sc2ccc(OC)cc2)n1. The summed E-state index contributed by atoms with van der Waals surface area (Å²) >= 11 is 1.22. The smallest absolute Gasteiger partial charge is 0.322 e. The highest BCUT2D eigenvalue weighted by molar-refractivity contribution is 7.99. The summed E-state index contributed by atoms with van der Waals surface area (Å²) in [6.45, 7) is 1.60. The van der Waals surface area contributed by atoms with Gasteiger partial charge in [0.25, 0.3) is 0 Å². The fourth-order valence-corrected chi connectivity index (χ4v) is 2.64. The molecule has 0 bridgehead atoms. The van der Waals surface area contributed by atoms with E-state index in [2.05, 4.69) is 15.3 Å². The third-order valence-electron chi connectivity index (χ3n) is 2.71. The van der Waals surface area contributed by atoms with E-state index in [9.17, 15) is 10.1 Å². The standard InChI is InChI=1S/C13H14N4O3S/c1-8-11(17(18)19)12(16-13(14-2)15-8)21-10-6-4-9(20-3)5-7-10/h4-7H,1-3H3,(H,14,15,16). The van der Waals surface area contributed by atoms with Crippen molar-refractivity contribution in [2.75, 3.05) is 19.5 Å². The van der Waals surface area contributed by atoms with Crippen LogP contribution in [0.25, 0.3) is 0 Å². The molecular formula is C13H14N4O3S. The fraction of sp³-hybridized carbons (Fsp3) is 0.231. The van der Waals surface area contributed by atoms with Gasteiger partial charge in [-0.3, -0.25) is 10.1 Å². The number of hydrogen-bond donors (Lipinski definition) is 1. The summed E-state index contributed by atoms with van der Waals surface area (Å²) in [6, 6.07) is 7.23. The highest BCUT2D eigenvalue weighted by Crippen LogP contribution is 2.35. The second kappa shape index (κ2) is 6.40. The third kappa shape index (κ3) is 3.40. The van der Waals surface area contributed by atoms with Gasteiger partial charge in [0, 0.05) is 11.9 Å². The number of aromatic nitrogens is 2. The zero-order valence-corrected chi connectivity index (χ0v) is 12.6. The predicted molar refractivity (Wildman–Crippen MR) is 80.1 cm³/mol. The van der Waals surface area contributed by atoms with Crippen molar-refractivity contribution in [1.29, 1.82) is 0 Å². The first-order valence-electron chi connectivity index (χ1n) is 6.08. The molecule has 1 heterocycles. The summed E-state index contributed by atoms with van der Waals surface area (Å²) in [6.07, 6.45) is 0. The topological polar surface area (TPSA) is 90.2 Å². The molecule has 21 heavy (non-hydrogen) atoms. The number of anilines is 1. The maximum atomic E-state index is 11.2. The molecule has 0 aliphatic carbocycles. The van der Waals surface area contributed by atoms with Gasteiger partial charge in [-0.05, 0) is 31.2 Å². The molecule has 0 aliphatic heterocycles. The molecule has 0 radical (unpaired) electrons. The number of methoxy groups -OCH3 is 1. The lowest BCUT2D eigenvalue weighted by Gasteiger charge is -2.07. The Kier molecular flexibility index (Phi) is 4.59. The minimum Gasteiger partial charge on any atom is -0.497 e. The maximum absolute atomic E-state index is 11.2. The highest BCUT2D eigenvalue weighted by atomic mass is 32.2. The van der Waals surface area contributed by atoms with Crippen LogP contribution >= 0.6 is 11.8 Å². The van der Waals surface area contributed by atoms with Crippen LogP contribution in [-0.4, -0.2) is 29.0 Å². The van der Waals surface area contributed by atoms with Crippen molar-refractivity contribution in [3.8, 4) is 5.75 Å². The number of hydrogen-bond acceptors (Lipinski definition) is 7.